The van der Waals surface area contributed by atoms with Gasteiger partial charge >= 0.3 is 0 Å². The molecule has 10 heteroatoms. The van der Waals surface area contributed by atoms with Gasteiger partial charge < -0.3 is 27.0 Å². The van der Waals surface area contributed by atoms with Gasteiger partial charge in [0.1, 0.15) is 11.6 Å². The van der Waals surface area contributed by atoms with Crippen LogP contribution in [0.25, 0.3) is 11.0 Å². The first-order valence-corrected chi connectivity index (χ1v) is 19.8. The van der Waals surface area contributed by atoms with Crippen molar-refractivity contribution in [3.05, 3.63) is 95.1 Å². The molecule has 0 aliphatic heterocycles. The van der Waals surface area contributed by atoms with Crippen molar-refractivity contribution < 1.29 is 21.6 Å². The zero-order valence-electron chi connectivity index (χ0n) is 34.5. The maximum absolute atomic E-state index is 13.4. The molecule has 8 nitrogen and oxygen atoms in total. The molecule has 53 heavy (non-hydrogen) atoms. The smallest absolute Gasteiger partial charge is 0.129 e. The quantitative estimate of drug-likeness (QED) is 0.0681. The van der Waals surface area contributed by atoms with Crippen LogP contribution in [0.4, 0.5) is 4.39 Å². The first kappa shape index (κ1) is 54.5. The third kappa shape index (κ3) is 21.0. The van der Waals surface area contributed by atoms with E-state index in [4.69, 9.17) is 4.84 Å². The molecule has 1 unspecified atom stereocenters. The number of benzene rings is 3. The van der Waals surface area contributed by atoms with Gasteiger partial charge in [-0.15, -0.1) is 12.6 Å². The Kier molecular flexibility index (Phi) is 34.7. The van der Waals surface area contributed by atoms with E-state index in [2.05, 4.69) is 77.3 Å². The second-order valence-electron chi connectivity index (χ2n) is 12.5. The van der Waals surface area contributed by atoms with E-state index >= 15 is 0 Å². The number of fused-ring (bicyclic) bond motifs is 1. The minimum Gasteiger partial charge on any atom is -0.412 e. The second kappa shape index (κ2) is 33.7. The Morgan fingerprint density at radius 3 is 2.08 bits per heavy atom. The predicted molar refractivity (Wildman–Crippen MR) is 232 cm³/mol. The van der Waals surface area contributed by atoms with Gasteiger partial charge in [0.05, 0.1) is 17.6 Å². The Morgan fingerprint density at radius 2 is 1.49 bits per heavy atom. The van der Waals surface area contributed by atoms with Crippen LogP contribution in [0.5, 0.6) is 0 Å². The summed E-state index contributed by atoms with van der Waals surface area (Å²) >= 11 is 4.24. The molecule has 0 spiro atoms. The molecule has 1 saturated carbocycles. The molecule has 1 fully saturated rings. The van der Waals surface area contributed by atoms with Crippen molar-refractivity contribution in [2.45, 2.75) is 143 Å². The van der Waals surface area contributed by atoms with Crippen molar-refractivity contribution in [1.82, 2.24) is 26.5 Å². The van der Waals surface area contributed by atoms with Crippen LogP contribution < -0.4 is 11.6 Å². The molecule has 4 aromatic rings. The van der Waals surface area contributed by atoms with E-state index in [1.54, 1.807) is 6.07 Å². The molecular weight excluding hydrogens is 686 g/mol. The number of para-hydroxylation sites is 2. The third-order valence-electron chi connectivity index (χ3n) is 8.98. The lowest BCUT2D eigenvalue weighted by atomic mass is 9.92. The number of nitrogens with one attached hydrogen (secondary N) is 2. The highest BCUT2D eigenvalue weighted by atomic mass is 32.1. The monoisotopic (exact) mass is 764 g/mol. The molecule has 1 aliphatic carbocycles. The van der Waals surface area contributed by atoms with Crippen molar-refractivity contribution in [2.75, 3.05) is 20.1 Å². The summed E-state index contributed by atoms with van der Waals surface area (Å²) < 4.78 is 13.4. The summed E-state index contributed by atoms with van der Waals surface area (Å²) in [6, 6.07) is 23.0. The number of hydroxylamine groups is 1. The Bertz CT molecular complexity index is 1380. The number of thiol groups is 1. The number of H-pyrrole nitrogens is 1. The van der Waals surface area contributed by atoms with Crippen molar-refractivity contribution in [3.63, 3.8) is 0 Å². The maximum Gasteiger partial charge on any atom is 0.129 e. The first-order chi connectivity index (χ1) is 24.3. The summed E-state index contributed by atoms with van der Waals surface area (Å²) in [7, 11) is 2.35. The molecule has 3 aromatic carbocycles. The zero-order valence-corrected chi connectivity index (χ0v) is 35.4. The highest BCUT2D eigenvalue weighted by Crippen LogP contribution is 2.26. The number of aromatic nitrogens is 2. The molecule has 5 rings (SSSR count). The predicted octanol–water partition coefficient (Wildman–Crippen LogP) is 11.2. The molecule has 1 aliphatic rings. The summed E-state index contributed by atoms with van der Waals surface area (Å²) in [5, 5.41) is 0. The van der Waals surface area contributed by atoms with E-state index in [0.717, 1.165) is 52.2 Å². The Hall–Kier alpha value is -2.83. The molecule has 0 radical (unpaired) electrons. The molecule has 306 valence electrons. The van der Waals surface area contributed by atoms with Crippen LogP contribution in [-0.2, 0) is 11.4 Å². The van der Waals surface area contributed by atoms with E-state index in [9.17, 15) is 4.39 Å². The molecule has 0 saturated heterocycles. The number of halogens is 1. The SMILES string of the molecule is CC.CC.CCC(CCN(C)C1CCCCCCC1)c1ccccc1.CCCNOCc1c(F)ccc(S)c1C.Cc1nc2ccccc2[nH]1.N.O.O.[HH]. The van der Waals surface area contributed by atoms with Gasteiger partial charge in [-0.3, -0.25) is 4.84 Å². The number of nitrogens with zero attached hydrogens (tertiary/aromatic N) is 2. The first-order valence-electron chi connectivity index (χ1n) is 19.3. The Balaban J connectivity index is -0.000000335. The third-order valence-corrected chi connectivity index (χ3v) is 9.47. The van der Waals surface area contributed by atoms with Crippen LogP contribution in [0.2, 0.25) is 0 Å². The number of imidazole rings is 1. The molecule has 0 amide bonds. The molecule has 1 aromatic heterocycles. The van der Waals surface area contributed by atoms with E-state index in [1.165, 1.54) is 76.0 Å². The number of aromatic amines is 1. The van der Waals surface area contributed by atoms with Gasteiger partial charge in [0.15, 0.2) is 0 Å². The van der Waals surface area contributed by atoms with Crippen molar-refractivity contribution >= 4 is 23.7 Å². The normalized spacial score (nSPS) is 12.8. The fourth-order valence-electron chi connectivity index (χ4n) is 6.02. The van der Waals surface area contributed by atoms with Gasteiger partial charge in [0.25, 0.3) is 0 Å². The summed E-state index contributed by atoms with van der Waals surface area (Å²) in [5.41, 5.74) is 7.83. The van der Waals surface area contributed by atoms with Crippen LogP contribution in [0.1, 0.15) is 136 Å². The van der Waals surface area contributed by atoms with Gasteiger partial charge in [-0.1, -0.05) is 116 Å². The van der Waals surface area contributed by atoms with Crippen molar-refractivity contribution in [2.24, 2.45) is 0 Å². The molecular formula is C43H78FN5O3S. The minimum atomic E-state index is -0.247. The van der Waals surface area contributed by atoms with Crippen LogP contribution in [0.15, 0.2) is 71.6 Å². The van der Waals surface area contributed by atoms with Gasteiger partial charge in [-0.2, -0.15) is 0 Å². The largest absolute Gasteiger partial charge is 0.412 e. The summed E-state index contributed by atoms with van der Waals surface area (Å²) in [5.74, 6) is 1.45. The fraction of sp³-hybridized carbons (Fsp3) is 0.558. The van der Waals surface area contributed by atoms with Crippen LogP contribution in [0.3, 0.4) is 0 Å². The van der Waals surface area contributed by atoms with Crippen molar-refractivity contribution in [3.8, 4) is 0 Å². The highest BCUT2D eigenvalue weighted by molar-refractivity contribution is 7.80. The average Bonchev–Trinajstić information content (AvgIpc) is 3.52. The zero-order chi connectivity index (χ0) is 37.1. The van der Waals surface area contributed by atoms with Crippen molar-refractivity contribution in [1.29, 1.82) is 0 Å². The molecule has 9 N–H and O–H groups in total. The van der Waals surface area contributed by atoms with E-state index < -0.39 is 0 Å². The lowest BCUT2D eigenvalue weighted by molar-refractivity contribution is 0.0263. The highest BCUT2D eigenvalue weighted by Gasteiger charge is 2.18. The Labute approximate surface area is 329 Å². The average molecular weight is 764 g/mol. The second-order valence-corrected chi connectivity index (χ2v) is 13.0. The van der Waals surface area contributed by atoms with E-state index in [-0.39, 0.29) is 31.0 Å². The van der Waals surface area contributed by atoms with E-state index in [0.29, 0.717) is 5.56 Å². The van der Waals surface area contributed by atoms with E-state index in [1.807, 2.05) is 72.7 Å². The topological polar surface area (TPSA) is 151 Å². The number of aryl methyl sites for hydroxylation is 1. The lowest BCUT2D eigenvalue weighted by Gasteiger charge is -2.31. The number of rotatable bonds is 11. The lowest BCUT2D eigenvalue weighted by Crippen LogP contribution is -2.33. The van der Waals surface area contributed by atoms with Gasteiger partial charge in [-0.25, -0.2) is 14.9 Å². The van der Waals surface area contributed by atoms with Crippen LogP contribution in [0, 0.1) is 19.7 Å². The maximum atomic E-state index is 13.4. The Morgan fingerprint density at radius 1 is 0.906 bits per heavy atom. The summed E-state index contributed by atoms with van der Waals surface area (Å²) in [6.07, 6.45) is 13.6. The van der Waals surface area contributed by atoms with Crippen LogP contribution >= 0.6 is 12.6 Å². The number of hydrogen-bond donors (Lipinski definition) is 4. The molecule has 1 atom stereocenters. The van der Waals surface area contributed by atoms with Gasteiger partial charge in [0, 0.05) is 24.5 Å². The van der Waals surface area contributed by atoms with Crippen LogP contribution in [-0.4, -0.2) is 52.0 Å². The number of hydrogen-bond acceptors (Lipinski definition) is 6. The summed E-state index contributed by atoms with van der Waals surface area (Å²) in [6.45, 7) is 18.4. The fourth-order valence-corrected chi connectivity index (χ4v) is 6.22. The molecule has 0 bridgehead atoms. The standard InChI is InChI=1S/C20H33N.C11H16FNOS.C8H8N2.2C2H6.H3N.2H2O.H2/c1-3-18(19-12-8-7-9-13-19)16-17-21(2)20-14-10-5-4-6-11-15-20;1-3-6-13-14-7-9-8(2)11(15)5-4-10(9)12;1-6-9-7-4-2-3-5-8(7)10-6;2*1-2;;;;/h7-9,12-13,18,20H,3-6,10-11,14-17H2,1-2H3;4-5,13,15H,3,6-7H2,1-2H3;2-5H,1H3,(H,9,10);2*1-2H3;1H3;2*1H2;1H. The van der Waals surface area contributed by atoms with Gasteiger partial charge in [0.2, 0.25) is 0 Å². The summed E-state index contributed by atoms with van der Waals surface area (Å²) in [4.78, 5) is 16.0. The van der Waals surface area contributed by atoms with Gasteiger partial charge in [-0.05, 0) is 101 Å². The molecule has 1 heterocycles. The minimum absolute atomic E-state index is 0.